The number of primary sulfonamides is 1. The highest BCUT2D eigenvalue weighted by molar-refractivity contribution is 7.89. The van der Waals surface area contributed by atoms with Gasteiger partial charge >= 0.3 is 6.18 Å². The molecule has 1 aromatic heterocycles. The molecule has 2 aromatic rings. The van der Waals surface area contributed by atoms with E-state index in [-0.39, 0.29) is 27.7 Å². The summed E-state index contributed by atoms with van der Waals surface area (Å²) in [5.74, 6) is -0.628. The average molecular weight is 456 g/mol. The lowest BCUT2D eigenvalue weighted by atomic mass is 10.1. The van der Waals surface area contributed by atoms with E-state index in [9.17, 15) is 26.4 Å². The number of halogens is 3. The fourth-order valence-corrected chi connectivity index (χ4v) is 4.08. The number of rotatable bonds is 4. The zero-order chi connectivity index (χ0) is 22.8. The molecule has 2 heterocycles. The Morgan fingerprint density at radius 1 is 1.13 bits per heavy atom. The van der Waals surface area contributed by atoms with Crippen molar-refractivity contribution < 1.29 is 26.4 Å². The van der Waals surface area contributed by atoms with Crippen molar-refractivity contribution in [2.45, 2.75) is 43.7 Å². The van der Waals surface area contributed by atoms with Crippen molar-refractivity contribution in [2.75, 3.05) is 23.3 Å². The summed E-state index contributed by atoms with van der Waals surface area (Å²) in [5.41, 5.74) is -1.33. The molecule has 3 N–H and O–H groups in total. The van der Waals surface area contributed by atoms with Crippen LogP contribution in [0.25, 0.3) is 0 Å². The molecule has 0 spiro atoms. The molecule has 0 aliphatic carbocycles. The van der Waals surface area contributed by atoms with Crippen molar-refractivity contribution in [3.05, 3.63) is 47.2 Å². The van der Waals surface area contributed by atoms with Gasteiger partial charge < -0.3 is 10.2 Å². The van der Waals surface area contributed by atoms with Crippen LogP contribution in [0.1, 0.15) is 47.3 Å². The molecule has 1 fully saturated rings. The number of hydrogen-bond acceptors (Lipinski definition) is 5. The number of carbonyl (C=O) groups excluding carboxylic acids is 1. The van der Waals surface area contributed by atoms with Gasteiger partial charge in [0.25, 0.3) is 5.91 Å². The first-order valence-corrected chi connectivity index (χ1v) is 11.3. The van der Waals surface area contributed by atoms with Crippen LogP contribution in [0.4, 0.5) is 24.7 Å². The molecule has 0 radical (unpaired) electrons. The maximum absolute atomic E-state index is 13.5. The molecule has 1 saturated heterocycles. The number of benzene rings is 1. The smallest absolute Gasteiger partial charge is 0.356 e. The molecule has 1 aliphatic rings. The van der Waals surface area contributed by atoms with Crippen molar-refractivity contribution in [3.63, 3.8) is 0 Å². The Morgan fingerprint density at radius 3 is 2.35 bits per heavy atom. The number of alkyl halides is 3. The van der Waals surface area contributed by atoms with E-state index in [0.717, 1.165) is 37.8 Å². The third kappa shape index (κ3) is 5.53. The number of hydrogen-bond donors (Lipinski definition) is 2. The van der Waals surface area contributed by atoms with Crippen LogP contribution in [0.2, 0.25) is 0 Å². The number of nitrogens with zero attached hydrogens (tertiary/aromatic N) is 2. The van der Waals surface area contributed by atoms with E-state index in [0.29, 0.717) is 13.1 Å². The number of anilines is 2. The molecule has 0 unspecified atom stereocenters. The molecule has 31 heavy (non-hydrogen) atoms. The van der Waals surface area contributed by atoms with Gasteiger partial charge in [-0.1, -0.05) is 18.9 Å². The van der Waals surface area contributed by atoms with Gasteiger partial charge in [-0.15, -0.1) is 0 Å². The highest BCUT2D eigenvalue weighted by Gasteiger charge is 2.35. The summed E-state index contributed by atoms with van der Waals surface area (Å²) in [6.45, 7) is 2.43. The average Bonchev–Trinajstić information content (AvgIpc) is 2.95. The van der Waals surface area contributed by atoms with Gasteiger partial charge in [0.2, 0.25) is 10.0 Å². The predicted molar refractivity (Wildman–Crippen MR) is 110 cm³/mol. The quantitative estimate of drug-likeness (QED) is 0.730. The number of nitrogens with two attached hydrogens (primary N) is 1. The number of aryl methyl sites for hydroxylation is 1. The lowest BCUT2D eigenvalue weighted by Crippen LogP contribution is -2.29. The van der Waals surface area contributed by atoms with E-state index >= 15 is 0 Å². The van der Waals surface area contributed by atoms with Crippen LogP contribution in [0.5, 0.6) is 0 Å². The highest BCUT2D eigenvalue weighted by Crippen LogP contribution is 2.35. The van der Waals surface area contributed by atoms with Gasteiger partial charge in [-0.3, -0.25) is 4.79 Å². The molecule has 168 valence electrons. The third-order valence-electron chi connectivity index (χ3n) is 5.07. The SMILES string of the molecule is Cc1nc(N2CCCCCC2)c(C(=O)Nc2cccc(S(N)(=O)=O)c2)cc1C(F)(F)F. The first kappa shape index (κ1) is 23.0. The minimum atomic E-state index is -4.67. The van der Waals surface area contributed by atoms with Gasteiger partial charge in [0.15, 0.2) is 0 Å². The molecule has 1 aromatic carbocycles. The zero-order valence-electron chi connectivity index (χ0n) is 16.9. The summed E-state index contributed by atoms with van der Waals surface area (Å²) in [4.78, 5) is 18.7. The Kier molecular flexibility index (Phi) is 6.56. The van der Waals surface area contributed by atoms with Crippen LogP contribution in [0, 0.1) is 6.92 Å². The molecule has 3 rings (SSSR count). The summed E-state index contributed by atoms with van der Waals surface area (Å²) in [6, 6.07) is 6.00. The molecule has 0 bridgehead atoms. The second kappa shape index (κ2) is 8.83. The van der Waals surface area contributed by atoms with Gasteiger partial charge in [-0.05, 0) is 44.0 Å². The van der Waals surface area contributed by atoms with Crippen LogP contribution in [0.3, 0.4) is 0 Å². The summed E-state index contributed by atoms with van der Waals surface area (Å²) in [7, 11) is -4.01. The number of amides is 1. The van der Waals surface area contributed by atoms with E-state index in [1.54, 1.807) is 0 Å². The molecule has 0 saturated carbocycles. The highest BCUT2D eigenvalue weighted by atomic mass is 32.2. The van der Waals surface area contributed by atoms with Crippen LogP contribution in [0.15, 0.2) is 35.2 Å². The number of aromatic nitrogens is 1. The molecule has 11 heteroatoms. The standard InChI is InChI=1S/C20H23F3N4O3S/c1-13-17(20(21,22)23)12-16(18(25-13)27-9-4-2-3-5-10-27)19(28)26-14-7-6-8-15(11-14)31(24,29)30/h6-8,11-12H,2-5,9-10H2,1H3,(H,26,28)(H2,24,29,30). The molecular formula is C20H23F3N4O3S. The van der Waals surface area contributed by atoms with Gasteiger partial charge in [0, 0.05) is 18.8 Å². The Morgan fingerprint density at radius 2 is 1.77 bits per heavy atom. The Labute approximate surface area is 178 Å². The number of pyridine rings is 1. The fraction of sp³-hybridized carbons (Fsp3) is 0.400. The van der Waals surface area contributed by atoms with Gasteiger partial charge in [0.1, 0.15) is 5.82 Å². The Bertz CT molecular complexity index is 1080. The number of nitrogens with one attached hydrogen (secondary N) is 1. The van der Waals surface area contributed by atoms with E-state index in [4.69, 9.17) is 5.14 Å². The number of carbonyl (C=O) groups is 1. The van der Waals surface area contributed by atoms with Gasteiger partial charge in [-0.2, -0.15) is 13.2 Å². The van der Waals surface area contributed by atoms with E-state index in [2.05, 4.69) is 10.3 Å². The second-order valence-electron chi connectivity index (χ2n) is 7.42. The van der Waals surface area contributed by atoms with Crippen LogP contribution >= 0.6 is 0 Å². The summed E-state index contributed by atoms with van der Waals surface area (Å²) < 4.78 is 63.5. The minimum absolute atomic E-state index is 0.0903. The molecular weight excluding hydrogens is 433 g/mol. The maximum atomic E-state index is 13.5. The molecule has 1 aliphatic heterocycles. The van der Waals surface area contributed by atoms with Crippen molar-refractivity contribution in [1.82, 2.24) is 4.98 Å². The van der Waals surface area contributed by atoms with Crippen LogP contribution < -0.4 is 15.4 Å². The first-order valence-electron chi connectivity index (χ1n) is 9.75. The van der Waals surface area contributed by atoms with Gasteiger partial charge in [-0.25, -0.2) is 18.5 Å². The fourth-order valence-electron chi connectivity index (χ4n) is 3.52. The zero-order valence-corrected chi connectivity index (χ0v) is 17.7. The monoisotopic (exact) mass is 456 g/mol. The van der Waals surface area contributed by atoms with Crippen molar-refractivity contribution in [2.24, 2.45) is 5.14 Å². The third-order valence-corrected chi connectivity index (χ3v) is 5.98. The normalized spacial score (nSPS) is 15.5. The van der Waals surface area contributed by atoms with Gasteiger partial charge in [0.05, 0.1) is 21.7 Å². The van der Waals surface area contributed by atoms with E-state index in [1.807, 2.05) is 4.90 Å². The predicted octanol–water partition coefficient (Wildman–Crippen LogP) is 3.69. The first-order chi connectivity index (χ1) is 14.5. The molecule has 1 amide bonds. The van der Waals surface area contributed by atoms with Crippen molar-refractivity contribution in [3.8, 4) is 0 Å². The molecule has 7 nitrogen and oxygen atoms in total. The Balaban J connectivity index is 2.03. The van der Waals surface area contributed by atoms with E-state index in [1.165, 1.54) is 25.1 Å². The van der Waals surface area contributed by atoms with Crippen LogP contribution in [-0.4, -0.2) is 32.4 Å². The second-order valence-corrected chi connectivity index (χ2v) is 8.98. The van der Waals surface area contributed by atoms with Crippen LogP contribution in [-0.2, 0) is 16.2 Å². The largest absolute Gasteiger partial charge is 0.418 e. The maximum Gasteiger partial charge on any atom is 0.418 e. The Hall–Kier alpha value is -2.66. The van der Waals surface area contributed by atoms with Crippen molar-refractivity contribution in [1.29, 1.82) is 0 Å². The lowest BCUT2D eigenvalue weighted by molar-refractivity contribution is -0.138. The topological polar surface area (TPSA) is 105 Å². The summed E-state index contributed by atoms with van der Waals surface area (Å²) >= 11 is 0. The summed E-state index contributed by atoms with van der Waals surface area (Å²) in [6.07, 6.45) is -0.981. The van der Waals surface area contributed by atoms with Crippen molar-refractivity contribution >= 4 is 27.4 Å². The number of sulfonamides is 1. The molecule has 0 atom stereocenters. The van der Waals surface area contributed by atoms with E-state index < -0.39 is 27.7 Å². The minimum Gasteiger partial charge on any atom is -0.356 e. The summed E-state index contributed by atoms with van der Waals surface area (Å²) in [5, 5.41) is 7.58. The lowest BCUT2D eigenvalue weighted by Gasteiger charge is -2.25.